The van der Waals surface area contributed by atoms with Crippen molar-refractivity contribution >= 4 is 27.3 Å². The lowest BCUT2D eigenvalue weighted by Gasteiger charge is -2.19. The van der Waals surface area contributed by atoms with E-state index < -0.39 is 0 Å². The van der Waals surface area contributed by atoms with Crippen molar-refractivity contribution in [3.8, 4) is 0 Å². The summed E-state index contributed by atoms with van der Waals surface area (Å²) in [6.07, 6.45) is 5.29. The van der Waals surface area contributed by atoms with E-state index in [1.165, 1.54) is 25.7 Å². The van der Waals surface area contributed by atoms with Crippen LogP contribution in [-0.2, 0) is 0 Å². The van der Waals surface area contributed by atoms with E-state index in [1.807, 2.05) is 6.07 Å². The first-order valence-corrected chi connectivity index (χ1v) is 7.15. The van der Waals surface area contributed by atoms with Gasteiger partial charge in [-0.05, 0) is 65.6 Å². The fourth-order valence-corrected chi connectivity index (χ4v) is 2.99. The van der Waals surface area contributed by atoms with Gasteiger partial charge in [0, 0.05) is 17.8 Å². The molecule has 0 heterocycles. The summed E-state index contributed by atoms with van der Waals surface area (Å²) in [5.41, 5.74) is 1.10. The average Bonchev–Trinajstić information content (AvgIpc) is 3.17. The highest BCUT2D eigenvalue weighted by Gasteiger charge is 2.41. The van der Waals surface area contributed by atoms with Crippen LogP contribution in [0.1, 0.15) is 25.7 Å². The number of rotatable bonds is 5. The minimum absolute atomic E-state index is 0.120. The van der Waals surface area contributed by atoms with Crippen molar-refractivity contribution in [3.05, 3.63) is 32.8 Å². The smallest absolute Gasteiger partial charge is 0.283 e. The van der Waals surface area contributed by atoms with E-state index in [0.29, 0.717) is 10.5 Å². The highest BCUT2D eigenvalue weighted by Crippen LogP contribution is 2.46. The zero-order valence-corrected chi connectivity index (χ0v) is 11.5. The number of hydrogen-bond donors (Lipinski definition) is 1. The summed E-state index contributed by atoms with van der Waals surface area (Å²) in [4.78, 5) is 10.4. The molecule has 2 saturated carbocycles. The van der Waals surface area contributed by atoms with E-state index in [1.54, 1.807) is 12.1 Å². The van der Waals surface area contributed by atoms with E-state index in [4.69, 9.17) is 0 Å². The van der Waals surface area contributed by atoms with E-state index in [2.05, 4.69) is 21.2 Å². The third-order valence-corrected chi connectivity index (χ3v) is 4.37. The molecule has 0 aliphatic heterocycles. The SMILES string of the molecule is O=[N+]([O-])c1ccc(NC(C2CC2)C2CC2)cc1Br. The minimum Gasteiger partial charge on any atom is -0.382 e. The Balaban J connectivity index is 1.75. The van der Waals surface area contributed by atoms with Crippen molar-refractivity contribution in [2.24, 2.45) is 11.8 Å². The number of nitrogens with zero attached hydrogens (tertiary/aromatic N) is 1. The second kappa shape index (κ2) is 4.53. The van der Waals surface area contributed by atoms with Gasteiger partial charge in [-0.25, -0.2) is 0 Å². The second-order valence-corrected chi connectivity index (χ2v) is 6.12. The van der Waals surface area contributed by atoms with Gasteiger partial charge in [0.25, 0.3) is 5.69 Å². The summed E-state index contributed by atoms with van der Waals surface area (Å²) in [5, 5.41) is 14.3. The van der Waals surface area contributed by atoms with Gasteiger partial charge in [-0.1, -0.05) is 0 Å². The van der Waals surface area contributed by atoms with Crippen LogP contribution >= 0.6 is 15.9 Å². The first-order chi connectivity index (χ1) is 8.65. The summed E-state index contributed by atoms with van der Waals surface area (Å²) >= 11 is 3.26. The maximum Gasteiger partial charge on any atom is 0.283 e. The molecular weight excluding hydrogens is 296 g/mol. The third kappa shape index (κ3) is 2.51. The molecule has 0 atom stereocenters. The molecule has 1 aromatic carbocycles. The van der Waals surface area contributed by atoms with Gasteiger partial charge >= 0.3 is 0 Å². The summed E-state index contributed by atoms with van der Waals surface area (Å²) in [6.45, 7) is 0. The number of nitro benzene ring substituents is 1. The summed E-state index contributed by atoms with van der Waals surface area (Å²) in [6, 6.07) is 5.75. The Morgan fingerprint density at radius 3 is 2.33 bits per heavy atom. The van der Waals surface area contributed by atoms with Crippen LogP contribution in [0.5, 0.6) is 0 Å². The molecule has 2 aliphatic rings. The summed E-state index contributed by atoms with van der Waals surface area (Å²) < 4.78 is 0.544. The molecule has 0 radical (unpaired) electrons. The Labute approximate surface area is 114 Å². The lowest BCUT2D eigenvalue weighted by molar-refractivity contribution is -0.385. The number of nitro groups is 1. The maximum atomic E-state index is 10.7. The van der Waals surface area contributed by atoms with Gasteiger partial charge in [0.2, 0.25) is 0 Å². The molecule has 0 saturated heterocycles. The van der Waals surface area contributed by atoms with Crippen molar-refractivity contribution in [1.82, 2.24) is 0 Å². The van der Waals surface area contributed by atoms with Crippen LogP contribution in [0.15, 0.2) is 22.7 Å². The lowest BCUT2D eigenvalue weighted by atomic mass is 10.1. The molecule has 0 bridgehead atoms. The number of benzene rings is 1. The van der Waals surface area contributed by atoms with Crippen molar-refractivity contribution in [2.45, 2.75) is 31.7 Å². The van der Waals surface area contributed by atoms with Gasteiger partial charge in [-0.15, -0.1) is 0 Å². The second-order valence-electron chi connectivity index (χ2n) is 5.27. The minimum atomic E-state index is -0.368. The average molecular weight is 311 g/mol. The molecule has 1 N–H and O–H groups in total. The fourth-order valence-electron chi connectivity index (χ4n) is 2.47. The normalized spacial score (nSPS) is 19.0. The molecule has 0 unspecified atom stereocenters. The lowest BCUT2D eigenvalue weighted by Crippen LogP contribution is -2.24. The largest absolute Gasteiger partial charge is 0.382 e. The van der Waals surface area contributed by atoms with Gasteiger partial charge in [-0.3, -0.25) is 10.1 Å². The highest BCUT2D eigenvalue weighted by molar-refractivity contribution is 9.10. The molecular formula is C13H15BrN2O2. The van der Waals surface area contributed by atoms with E-state index in [0.717, 1.165) is 17.5 Å². The molecule has 4 nitrogen and oxygen atoms in total. The standard InChI is InChI=1S/C13H15BrN2O2/c14-11-7-10(5-6-12(11)16(17)18)15-13(8-1-2-8)9-3-4-9/h5-9,13,15H,1-4H2. The van der Waals surface area contributed by atoms with Gasteiger partial charge in [0.05, 0.1) is 9.40 Å². The summed E-state index contributed by atoms with van der Waals surface area (Å²) in [5.74, 6) is 1.62. The third-order valence-electron chi connectivity index (χ3n) is 3.74. The first-order valence-electron chi connectivity index (χ1n) is 6.35. The Hall–Kier alpha value is -1.10. The van der Waals surface area contributed by atoms with Gasteiger partial charge < -0.3 is 5.32 Å². The summed E-state index contributed by atoms with van der Waals surface area (Å²) in [7, 11) is 0. The Morgan fingerprint density at radius 2 is 1.89 bits per heavy atom. The van der Waals surface area contributed by atoms with Gasteiger partial charge in [-0.2, -0.15) is 0 Å². The van der Waals surface area contributed by atoms with E-state index in [-0.39, 0.29) is 10.6 Å². The van der Waals surface area contributed by atoms with Crippen molar-refractivity contribution in [2.75, 3.05) is 5.32 Å². The molecule has 18 heavy (non-hydrogen) atoms. The molecule has 3 rings (SSSR count). The number of nitrogens with one attached hydrogen (secondary N) is 1. The molecule has 0 aromatic heterocycles. The number of hydrogen-bond acceptors (Lipinski definition) is 3. The van der Waals surface area contributed by atoms with Crippen molar-refractivity contribution < 1.29 is 4.92 Å². The van der Waals surface area contributed by atoms with Crippen LogP contribution in [0.4, 0.5) is 11.4 Å². The predicted octanol–water partition coefficient (Wildman–Crippen LogP) is 3.96. The van der Waals surface area contributed by atoms with Crippen LogP contribution in [0.3, 0.4) is 0 Å². The molecule has 96 valence electrons. The molecule has 5 heteroatoms. The quantitative estimate of drug-likeness (QED) is 0.661. The Morgan fingerprint density at radius 1 is 1.28 bits per heavy atom. The maximum absolute atomic E-state index is 10.7. The predicted molar refractivity (Wildman–Crippen MR) is 73.7 cm³/mol. The molecule has 0 spiro atoms. The highest BCUT2D eigenvalue weighted by atomic mass is 79.9. The van der Waals surface area contributed by atoms with Crippen LogP contribution in [0.2, 0.25) is 0 Å². The molecule has 0 amide bonds. The topological polar surface area (TPSA) is 55.2 Å². The number of anilines is 1. The molecule has 2 aliphatic carbocycles. The first kappa shape index (κ1) is 12.0. The van der Waals surface area contributed by atoms with Crippen LogP contribution < -0.4 is 5.32 Å². The van der Waals surface area contributed by atoms with E-state index >= 15 is 0 Å². The Bertz CT molecular complexity index is 472. The monoisotopic (exact) mass is 310 g/mol. The van der Waals surface area contributed by atoms with Crippen LogP contribution in [0.25, 0.3) is 0 Å². The molecule has 1 aromatic rings. The van der Waals surface area contributed by atoms with Crippen molar-refractivity contribution in [1.29, 1.82) is 0 Å². The Kier molecular flexibility index (Phi) is 3.01. The zero-order valence-electron chi connectivity index (χ0n) is 9.93. The van der Waals surface area contributed by atoms with Crippen LogP contribution in [0, 0.1) is 22.0 Å². The van der Waals surface area contributed by atoms with Gasteiger partial charge in [0.15, 0.2) is 0 Å². The molecule has 2 fully saturated rings. The zero-order chi connectivity index (χ0) is 12.7. The van der Waals surface area contributed by atoms with Crippen molar-refractivity contribution in [3.63, 3.8) is 0 Å². The van der Waals surface area contributed by atoms with Crippen LogP contribution in [-0.4, -0.2) is 11.0 Å². The fraction of sp³-hybridized carbons (Fsp3) is 0.538. The van der Waals surface area contributed by atoms with E-state index in [9.17, 15) is 10.1 Å². The van der Waals surface area contributed by atoms with Gasteiger partial charge in [0.1, 0.15) is 0 Å². The number of halogens is 1.